The van der Waals surface area contributed by atoms with E-state index in [2.05, 4.69) is 10.6 Å². The van der Waals surface area contributed by atoms with Gasteiger partial charge in [0.1, 0.15) is 6.04 Å². The summed E-state index contributed by atoms with van der Waals surface area (Å²) in [6, 6.07) is 9.89. The van der Waals surface area contributed by atoms with Gasteiger partial charge in [0.15, 0.2) is 0 Å². The monoisotopic (exact) mass is 246 g/mol. The Morgan fingerprint density at radius 2 is 2.00 bits per heavy atom. The fourth-order valence-electron chi connectivity index (χ4n) is 2.92. The van der Waals surface area contributed by atoms with Gasteiger partial charge in [0.25, 0.3) is 0 Å². The molecule has 4 atom stereocenters. The van der Waals surface area contributed by atoms with Crippen LogP contribution in [-0.4, -0.2) is 32.2 Å². The molecule has 0 bridgehead atoms. The summed E-state index contributed by atoms with van der Waals surface area (Å²) in [5, 5.41) is 6.80. The van der Waals surface area contributed by atoms with Crippen molar-refractivity contribution in [1.29, 1.82) is 0 Å². The maximum Gasteiger partial charge on any atom is 0.327 e. The number of hydrogen-bond acceptors (Lipinski definition) is 4. The smallest absolute Gasteiger partial charge is 0.327 e. The van der Waals surface area contributed by atoms with Gasteiger partial charge in [-0.1, -0.05) is 30.3 Å². The number of nitrogens with one attached hydrogen (secondary N) is 2. The molecular formula is C14H18N2O2. The van der Waals surface area contributed by atoms with Gasteiger partial charge >= 0.3 is 5.97 Å². The van der Waals surface area contributed by atoms with Gasteiger partial charge in [0.2, 0.25) is 0 Å². The normalized spacial score (nSPS) is 30.6. The zero-order valence-electron chi connectivity index (χ0n) is 10.4. The van der Waals surface area contributed by atoms with Gasteiger partial charge in [-0.3, -0.25) is 5.32 Å². The van der Waals surface area contributed by atoms with E-state index in [0.717, 1.165) is 18.7 Å². The van der Waals surface area contributed by atoms with Crippen LogP contribution < -0.4 is 10.6 Å². The highest BCUT2D eigenvalue weighted by molar-refractivity contribution is 5.77. The fraction of sp³-hybridized carbons (Fsp3) is 0.500. The first-order valence-corrected chi connectivity index (χ1v) is 6.41. The molecule has 18 heavy (non-hydrogen) atoms. The molecule has 1 aliphatic carbocycles. The van der Waals surface area contributed by atoms with Crippen LogP contribution in [0.3, 0.4) is 0 Å². The molecule has 1 aromatic carbocycles. The Bertz CT molecular complexity index is 425. The van der Waals surface area contributed by atoms with E-state index in [1.807, 2.05) is 30.3 Å². The first-order valence-electron chi connectivity index (χ1n) is 6.41. The summed E-state index contributed by atoms with van der Waals surface area (Å²) in [6.07, 6.45) is 0. The molecule has 2 fully saturated rings. The Balaban J connectivity index is 1.73. The third-order valence-corrected chi connectivity index (χ3v) is 4.02. The van der Waals surface area contributed by atoms with Gasteiger partial charge in [0.05, 0.1) is 7.11 Å². The van der Waals surface area contributed by atoms with E-state index in [0.29, 0.717) is 17.9 Å². The lowest BCUT2D eigenvalue weighted by Gasteiger charge is -2.18. The van der Waals surface area contributed by atoms with Gasteiger partial charge in [-0.2, -0.15) is 0 Å². The number of methoxy groups -OCH3 is 1. The lowest BCUT2D eigenvalue weighted by atomic mass is 10.1. The number of esters is 1. The Labute approximate surface area is 107 Å². The van der Waals surface area contributed by atoms with E-state index in [4.69, 9.17) is 4.74 Å². The number of piperidine rings is 1. The average Bonchev–Trinajstić information content (AvgIpc) is 2.86. The number of rotatable bonds is 4. The van der Waals surface area contributed by atoms with E-state index >= 15 is 0 Å². The topological polar surface area (TPSA) is 50.4 Å². The first kappa shape index (κ1) is 11.7. The average molecular weight is 246 g/mol. The Hall–Kier alpha value is -1.39. The lowest BCUT2D eigenvalue weighted by molar-refractivity contribution is -0.143. The Morgan fingerprint density at radius 3 is 2.61 bits per heavy atom. The third kappa shape index (κ3) is 2.02. The number of fused-ring (bicyclic) bond motifs is 1. The first-order chi connectivity index (χ1) is 8.81. The van der Waals surface area contributed by atoms with Crippen molar-refractivity contribution in [3.8, 4) is 0 Å². The minimum atomic E-state index is -0.341. The molecular weight excluding hydrogens is 228 g/mol. The summed E-state index contributed by atoms with van der Waals surface area (Å²) in [7, 11) is 1.44. The van der Waals surface area contributed by atoms with Crippen molar-refractivity contribution in [1.82, 2.24) is 10.6 Å². The summed E-state index contributed by atoms with van der Waals surface area (Å²) in [5.41, 5.74) is 0.974. The summed E-state index contributed by atoms with van der Waals surface area (Å²) in [5.74, 6) is 1.15. The van der Waals surface area contributed by atoms with Crippen LogP contribution in [0.2, 0.25) is 0 Å². The largest absolute Gasteiger partial charge is 0.468 e. The molecule has 0 radical (unpaired) electrons. The zero-order valence-corrected chi connectivity index (χ0v) is 10.4. The van der Waals surface area contributed by atoms with Gasteiger partial charge in [0, 0.05) is 6.04 Å². The molecule has 1 aliphatic heterocycles. The molecule has 2 aliphatic rings. The number of benzene rings is 1. The molecule has 0 spiro atoms. The summed E-state index contributed by atoms with van der Waals surface area (Å²) < 4.78 is 4.90. The fourth-order valence-corrected chi connectivity index (χ4v) is 2.92. The number of ether oxygens (including phenoxy) is 1. The molecule has 4 nitrogen and oxygen atoms in total. The summed E-state index contributed by atoms with van der Waals surface area (Å²) in [4.78, 5) is 11.9. The van der Waals surface area contributed by atoms with Crippen LogP contribution in [-0.2, 0) is 9.53 Å². The van der Waals surface area contributed by atoms with E-state index in [1.165, 1.54) is 7.11 Å². The van der Waals surface area contributed by atoms with Crippen LogP contribution in [0.25, 0.3) is 0 Å². The molecule has 1 saturated carbocycles. The van der Waals surface area contributed by atoms with Crippen LogP contribution in [0.1, 0.15) is 11.6 Å². The van der Waals surface area contributed by atoms with Crippen molar-refractivity contribution in [3.05, 3.63) is 35.9 Å². The number of carbonyl (C=O) groups is 1. The molecule has 0 aromatic heterocycles. The van der Waals surface area contributed by atoms with Crippen molar-refractivity contribution >= 4 is 5.97 Å². The van der Waals surface area contributed by atoms with Gasteiger partial charge in [-0.05, 0) is 30.5 Å². The number of hydrogen-bond donors (Lipinski definition) is 2. The van der Waals surface area contributed by atoms with Gasteiger partial charge in [-0.15, -0.1) is 0 Å². The van der Waals surface area contributed by atoms with Crippen molar-refractivity contribution in [2.24, 2.45) is 11.8 Å². The van der Waals surface area contributed by atoms with E-state index < -0.39 is 0 Å². The van der Waals surface area contributed by atoms with Crippen LogP contribution in [0.5, 0.6) is 0 Å². The van der Waals surface area contributed by atoms with Crippen LogP contribution in [0.4, 0.5) is 0 Å². The quantitative estimate of drug-likeness (QED) is 0.768. The minimum absolute atomic E-state index is 0.209. The molecule has 2 N–H and O–H groups in total. The third-order valence-electron chi connectivity index (χ3n) is 4.02. The molecule has 1 aromatic rings. The van der Waals surface area contributed by atoms with Crippen molar-refractivity contribution in [2.75, 3.05) is 20.2 Å². The molecule has 1 saturated heterocycles. The molecule has 3 rings (SSSR count). The highest BCUT2D eigenvalue weighted by Crippen LogP contribution is 2.43. The van der Waals surface area contributed by atoms with Crippen molar-refractivity contribution < 1.29 is 9.53 Å². The van der Waals surface area contributed by atoms with Gasteiger partial charge in [-0.25, -0.2) is 4.79 Å². The molecule has 2 unspecified atom stereocenters. The molecule has 96 valence electrons. The molecule has 1 heterocycles. The minimum Gasteiger partial charge on any atom is -0.468 e. The van der Waals surface area contributed by atoms with E-state index in [-0.39, 0.29) is 12.0 Å². The maximum atomic E-state index is 11.9. The van der Waals surface area contributed by atoms with Crippen LogP contribution in [0, 0.1) is 11.8 Å². The van der Waals surface area contributed by atoms with Crippen LogP contribution in [0.15, 0.2) is 30.3 Å². The van der Waals surface area contributed by atoms with Crippen molar-refractivity contribution in [3.63, 3.8) is 0 Å². The number of carbonyl (C=O) groups excluding carboxylic acids is 1. The predicted molar refractivity (Wildman–Crippen MR) is 68.0 cm³/mol. The maximum absolute atomic E-state index is 11.9. The SMILES string of the molecule is COC(=O)C(NC1[C@H]2CNC[C@@H]12)c1ccccc1. The summed E-state index contributed by atoms with van der Waals surface area (Å²) in [6.45, 7) is 2.12. The van der Waals surface area contributed by atoms with E-state index in [9.17, 15) is 4.79 Å². The molecule has 0 amide bonds. The Kier molecular flexibility index (Phi) is 3.06. The second kappa shape index (κ2) is 4.71. The highest BCUT2D eigenvalue weighted by Gasteiger charge is 2.53. The molecule has 4 heteroatoms. The summed E-state index contributed by atoms with van der Waals surface area (Å²) >= 11 is 0. The second-order valence-corrected chi connectivity index (χ2v) is 5.05. The Morgan fingerprint density at radius 1 is 1.33 bits per heavy atom. The van der Waals surface area contributed by atoms with Gasteiger partial charge < -0.3 is 10.1 Å². The standard InChI is InChI=1S/C14H18N2O2/c1-18-14(17)12(9-5-3-2-4-6-9)16-13-10-7-15-8-11(10)13/h2-6,10-13,15-16H,7-8H2,1H3/t10-,11+,12?,13?. The zero-order chi connectivity index (χ0) is 12.5. The van der Waals surface area contributed by atoms with E-state index in [1.54, 1.807) is 0 Å². The lowest BCUT2D eigenvalue weighted by Crippen LogP contribution is -2.35. The van der Waals surface area contributed by atoms with Crippen molar-refractivity contribution in [2.45, 2.75) is 12.1 Å². The predicted octanol–water partition coefficient (Wildman–Crippen LogP) is 0.708. The highest BCUT2D eigenvalue weighted by atomic mass is 16.5. The van der Waals surface area contributed by atoms with Crippen LogP contribution >= 0.6 is 0 Å². The second-order valence-electron chi connectivity index (χ2n) is 5.05.